The number of carbonyl (C=O) groups excluding carboxylic acids is 1. The van der Waals surface area contributed by atoms with Crippen LogP contribution in [0, 0.1) is 20.8 Å². The molecule has 2 aromatic rings. The molecule has 0 aliphatic heterocycles. The van der Waals surface area contributed by atoms with Gasteiger partial charge in [0.2, 0.25) is 0 Å². The van der Waals surface area contributed by atoms with Gasteiger partial charge in [-0.25, -0.2) is 5.43 Å². The molecule has 5 nitrogen and oxygen atoms in total. The van der Waals surface area contributed by atoms with Crippen LogP contribution in [0.2, 0.25) is 0 Å². The highest BCUT2D eigenvalue weighted by Crippen LogP contribution is 2.29. The van der Waals surface area contributed by atoms with Crippen LogP contribution in [-0.4, -0.2) is 23.8 Å². The quantitative estimate of drug-likeness (QED) is 0.504. The number of nitrogens with zero attached hydrogens (tertiary/aromatic N) is 1. The highest BCUT2D eigenvalue weighted by molar-refractivity contribution is 9.11. The van der Waals surface area contributed by atoms with Crippen LogP contribution in [0.25, 0.3) is 0 Å². The molecule has 2 aromatic carbocycles. The number of halogens is 2. The Hall–Kier alpha value is -1.86. The first-order valence-corrected chi connectivity index (χ1v) is 9.07. The van der Waals surface area contributed by atoms with Gasteiger partial charge in [0, 0.05) is 10.0 Å². The Morgan fingerprint density at radius 3 is 2.60 bits per heavy atom. The number of hydrogen-bond donors (Lipinski definition) is 2. The molecule has 25 heavy (non-hydrogen) atoms. The van der Waals surface area contributed by atoms with Gasteiger partial charge in [0.25, 0.3) is 5.91 Å². The Balaban J connectivity index is 1.96. The number of aromatic hydroxyl groups is 1. The summed E-state index contributed by atoms with van der Waals surface area (Å²) < 4.78 is 6.93. The third-order valence-electron chi connectivity index (χ3n) is 3.68. The van der Waals surface area contributed by atoms with Gasteiger partial charge in [0.05, 0.1) is 10.7 Å². The minimum Gasteiger partial charge on any atom is -0.507 e. The van der Waals surface area contributed by atoms with E-state index in [-0.39, 0.29) is 18.3 Å². The SMILES string of the molecule is Cc1ccc(C)c(OCC(=O)NN=Cc2cc(O)c(Br)cc2Br)c1C. The number of amides is 1. The van der Waals surface area contributed by atoms with Crippen molar-refractivity contribution in [2.45, 2.75) is 20.8 Å². The minimum atomic E-state index is -0.367. The summed E-state index contributed by atoms with van der Waals surface area (Å²) in [6.07, 6.45) is 1.44. The van der Waals surface area contributed by atoms with Crippen LogP contribution in [0.15, 0.2) is 38.3 Å². The van der Waals surface area contributed by atoms with Crippen LogP contribution in [0.4, 0.5) is 0 Å². The van der Waals surface area contributed by atoms with Crippen molar-refractivity contribution >= 4 is 44.0 Å². The zero-order chi connectivity index (χ0) is 18.6. The number of benzene rings is 2. The largest absolute Gasteiger partial charge is 0.507 e. The average Bonchev–Trinajstić information content (AvgIpc) is 2.56. The van der Waals surface area contributed by atoms with Crippen LogP contribution in [-0.2, 0) is 4.79 Å². The third kappa shape index (κ3) is 5.06. The molecule has 7 heteroatoms. The molecule has 0 saturated carbocycles. The van der Waals surface area contributed by atoms with Gasteiger partial charge in [-0.2, -0.15) is 5.10 Å². The molecule has 0 spiro atoms. The van der Waals surface area contributed by atoms with E-state index in [9.17, 15) is 9.90 Å². The molecule has 0 aromatic heterocycles. The summed E-state index contributed by atoms with van der Waals surface area (Å²) in [5.74, 6) is 0.443. The van der Waals surface area contributed by atoms with Gasteiger partial charge in [-0.1, -0.05) is 28.1 Å². The summed E-state index contributed by atoms with van der Waals surface area (Å²) in [6.45, 7) is 5.77. The van der Waals surface area contributed by atoms with Gasteiger partial charge in [0.15, 0.2) is 6.61 Å². The van der Waals surface area contributed by atoms with E-state index in [2.05, 4.69) is 42.4 Å². The van der Waals surface area contributed by atoms with Crippen LogP contribution < -0.4 is 10.2 Å². The molecule has 2 N–H and O–H groups in total. The third-order valence-corrected chi connectivity index (χ3v) is 5.00. The second-order valence-electron chi connectivity index (χ2n) is 5.56. The number of phenolic OH excluding ortho intramolecular Hbond substituents is 1. The molecule has 0 radical (unpaired) electrons. The monoisotopic (exact) mass is 468 g/mol. The van der Waals surface area contributed by atoms with Gasteiger partial charge < -0.3 is 9.84 Å². The number of phenols is 1. The maximum Gasteiger partial charge on any atom is 0.277 e. The first-order valence-electron chi connectivity index (χ1n) is 7.49. The molecular formula is C18H18Br2N2O3. The van der Waals surface area contributed by atoms with E-state index >= 15 is 0 Å². The Morgan fingerprint density at radius 1 is 1.20 bits per heavy atom. The second-order valence-corrected chi connectivity index (χ2v) is 7.27. The van der Waals surface area contributed by atoms with Crippen molar-refractivity contribution in [2.75, 3.05) is 6.61 Å². The zero-order valence-electron chi connectivity index (χ0n) is 14.1. The van der Waals surface area contributed by atoms with E-state index in [0.29, 0.717) is 10.0 Å². The van der Waals surface area contributed by atoms with Crippen LogP contribution in [0.1, 0.15) is 22.3 Å². The lowest BCUT2D eigenvalue weighted by Gasteiger charge is -2.13. The number of aryl methyl sites for hydroxylation is 2. The Labute approximate surface area is 163 Å². The number of carbonyl (C=O) groups is 1. The van der Waals surface area contributed by atoms with Crippen LogP contribution >= 0.6 is 31.9 Å². The highest BCUT2D eigenvalue weighted by atomic mass is 79.9. The van der Waals surface area contributed by atoms with E-state index in [1.807, 2.05) is 32.9 Å². The highest BCUT2D eigenvalue weighted by Gasteiger charge is 2.09. The number of ether oxygens (including phenoxy) is 1. The summed E-state index contributed by atoms with van der Waals surface area (Å²) in [5.41, 5.74) is 6.15. The van der Waals surface area contributed by atoms with Crippen molar-refractivity contribution < 1.29 is 14.6 Å². The molecular weight excluding hydrogens is 452 g/mol. The Bertz CT molecular complexity index is 836. The molecule has 0 aliphatic rings. The maximum absolute atomic E-state index is 11.9. The topological polar surface area (TPSA) is 70.9 Å². The van der Waals surface area contributed by atoms with Crippen LogP contribution in [0.5, 0.6) is 11.5 Å². The smallest absolute Gasteiger partial charge is 0.277 e. The summed E-state index contributed by atoms with van der Waals surface area (Å²) >= 11 is 6.58. The minimum absolute atomic E-state index is 0.0877. The van der Waals surface area contributed by atoms with Gasteiger partial charge in [-0.15, -0.1) is 0 Å². The molecule has 0 unspecified atom stereocenters. The maximum atomic E-state index is 11.9. The molecule has 132 valence electrons. The lowest BCUT2D eigenvalue weighted by atomic mass is 10.1. The first kappa shape index (κ1) is 19.5. The summed E-state index contributed by atoms with van der Waals surface area (Å²) in [4.78, 5) is 11.9. The second kappa shape index (κ2) is 8.49. The summed E-state index contributed by atoms with van der Waals surface area (Å²) in [7, 11) is 0. The van der Waals surface area contributed by atoms with Crippen molar-refractivity contribution in [1.82, 2.24) is 5.43 Å². The normalized spacial score (nSPS) is 10.9. The van der Waals surface area contributed by atoms with E-state index in [4.69, 9.17) is 4.74 Å². The van der Waals surface area contributed by atoms with Crippen LogP contribution in [0.3, 0.4) is 0 Å². The van der Waals surface area contributed by atoms with E-state index in [1.54, 1.807) is 6.07 Å². The van der Waals surface area contributed by atoms with Gasteiger partial charge in [-0.05, 0) is 65.5 Å². The predicted octanol–water partition coefficient (Wildman–Crippen LogP) is 4.37. The molecule has 2 rings (SSSR count). The molecule has 0 saturated heterocycles. The van der Waals surface area contributed by atoms with Crippen molar-refractivity contribution in [3.63, 3.8) is 0 Å². The molecule has 0 aliphatic carbocycles. The lowest BCUT2D eigenvalue weighted by molar-refractivity contribution is -0.123. The van der Waals surface area contributed by atoms with Crippen molar-refractivity contribution in [2.24, 2.45) is 5.10 Å². The fourth-order valence-electron chi connectivity index (χ4n) is 2.14. The fourth-order valence-corrected chi connectivity index (χ4v) is 3.24. The fraction of sp³-hybridized carbons (Fsp3) is 0.222. The van der Waals surface area contributed by atoms with Gasteiger partial charge >= 0.3 is 0 Å². The molecule has 0 atom stereocenters. The predicted molar refractivity (Wildman–Crippen MR) is 105 cm³/mol. The number of hydrogen-bond acceptors (Lipinski definition) is 4. The molecule has 0 bridgehead atoms. The average molecular weight is 470 g/mol. The Morgan fingerprint density at radius 2 is 1.88 bits per heavy atom. The first-order chi connectivity index (χ1) is 11.8. The summed E-state index contributed by atoms with van der Waals surface area (Å²) in [5, 5.41) is 13.6. The standard InChI is InChI=1S/C18H18Br2N2O3/c1-10-4-5-11(2)18(12(10)3)25-9-17(24)22-21-8-13-6-16(23)15(20)7-14(13)19/h4-8,23H,9H2,1-3H3,(H,22,24). The van der Waals surface area contributed by atoms with Crippen molar-refractivity contribution in [1.29, 1.82) is 0 Å². The zero-order valence-corrected chi connectivity index (χ0v) is 17.2. The number of nitrogens with one attached hydrogen (secondary N) is 1. The van der Waals surface area contributed by atoms with E-state index in [0.717, 1.165) is 26.9 Å². The van der Waals surface area contributed by atoms with Crippen molar-refractivity contribution in [3.05, 3.63) is 55.5 Å². The number of rotatable bonds is 5. The van der Waals surface area contributed by atoms with E-state index in [1.165, 1.54) is 12.3 Å². The molecule has 0 fully saturated rings. The summed E-state index contributed by atoms with van der Waals surface area (Å²) in [6, 6.07) is 7.21. The van der Waals surface area contributed by atoms with Gasteiger partial charge in [0.1, 0.15) is 11.5 Å². The lowest BCUT2D eigenvalue weighted by Crippen LogP contribution is -2.25. The van der Waals surface area contributed by atoms with E-state index < -0.39 is 0 Å². The number of hydrazone groups is 1. The van der Waals surface area contributed by atoms with Crippen molar-refractivity contribution in [3.8, 4) is 11.5 Å². The van der Waals surface area contributed by atoms with Gasteiger partial charge in [-0.3, -0.25) is 4.79 Å². The molecule has 1 amide bonds. The molecule has 0 heterocycles. The Kier molecular flexibility index (Phi) is 6.61.